The number of benzene rings is 1. The van der Waals surface area contributed by atoms with Crippen molar-refractivity contribution in [3.63, 3.8) is 0 Å². The number of hydrogen-bond acceptors (Lipinski definition) is 4. The van der Waals surface area contributed by atoms with E-state index in [2.05, 4.69) is 26.9 Å². The molecule has 0 unspecified atom stereocenters. The van der Waals surface area contributed by atoms with E-state index in [1.807, 2.05) is 23.1 Å². The molecular weight excluding hydrogens is 366 g/mol. The molecule has 0 saturated carbocycles. The summed E-state index contributed by atoms with van der Waals surface area (Å²) in [6, 6.07) is 8.04. The Morgan fingerprint density at radius 2 is 2.07 bits per heavy atom. The second-order valence-corrected chi connectivity index (χ2v) is 6.74. The predicted octanol–water partition coefficient (Wildman–Crippen LogP) is 1.58. The fraction of sp³-hybridized carbons (Fsp3) is 0.421. The highest BCUT2D eigenvalue weighted by atomic mass is 35.5. The van der Waals surface area contributed by atoms with Crippen molar-refractivity contribution in [2.24, 2.45) is 0 Å². The summed E-state index contributed by atoms with van der Waals surface area (Å²) in [6.45, 7) is 2.78. The summed E-state index contributed by atoms with van der Waals surface area (Å²) >= 11 is 0. The van der Waals surface area contributed by atoms with Crippen molar-refractivity contribution >= 4 is 29.9 Å². The third-order valence-corrected chi connectivity index (χ3v) is 5.06. The van der Waals surface area contributed by atoms with Gasteiger partial charge in [-0.1, -0.05) is 18.2 Å². The molecule has 2 aliphatic rings. The molecule has 1 aromatic heterocycles. The molecule has 0 aliphatic carbocycles. The second-order valence-electron chi connectivity index (χ2n) is 6.74. The van der Waals surface area contributed by atoms with Gasteiger partial charge in [-0.05, 0) is 24.5 Å². The SMILES string of the molecule is Cl.O=C(NCCCC(=O)N1CCc2ccccc21)c1n[nH]c2c1CNCC2. The summed E-state index contributed by atoms with van der Waals surface area (Å²) < 4.78 is 0. The van der Waals surface area contributed by atoms with E-state index in [0.717, 1.165) is 42.9 Å². The van der Waals surface area contributed by atoms with Crippen LogP contribution in [0.4, 0.5) is 5.69 Å². The minimum atomic E-state index is -0.176. The van der Waals surface area contributed by atoms with Gasteiger partial charge in [0.25, 0.3) is 5.91 Å². The number of carbonyl (C=O) groups excluding carboxylic acids is 2. The Labute approximate surface area is 164 Å². The Hall–Kier alpha value is -2.38. The highest BCUT2D eigenvalue weighted by molar-refractivity contribution is 5.96. The van der Waals surface area contributed by atoms with Crippen molar-refractivity contribution in [1.82, 2.24) is 20.8 Å². The second kappa shape index (κ2) is 8.54. The van der Waals surface area contributed by atoms with Crippen LogP contribution in [0.3, 0.4) is 0 Å². The lowest BCUT2D eigenvalue weighted by Crippen LogP contribution is -2.31. The van der Waals surface area contributed by atoms with Crippen molar-refractivity contribution in [3.05, 3.63) is 46.8 Å². The first-order valence-electron chi connectivity index (χ1n) is 9.17. The molecule has 7 nitrogen and oxygen atoms in total. The lowest BCUT2D eigenvalue weighted by molar-refractivity contribution is -0.118. The zero-order chi connectivity index (χ0) is 17.9. The van der Waals surface area contributed by atoms with Crippen LogP contribution in [0.2, 0.25) is 0 Å². The molecule has 27 heavy (non-hydrogen) atoms. The summed E-state index contributed by atoms with van der Waals surface area (Å²) in [4.78, 5) is 26.6. The van der Waals surface area contributed by atoms with E-state index in [4.69, 9.17) is 0 Å². The van der Waals surface area contributed by atoms with Crippen LogP contribution >= 0.6 is 12.4 Å². The van der Waals surface area contributed by atoms with E-state index in [0.29, 0.717) is 31.6 Å². The van der Waals surface area contributed by atoms with Gasteiger partial charge in [0.05, 0.1) is 0 Å². The number of carbonyl (C=O) groups is 2. The van der Waals surface area contributed by atoms with Gasteiger partial charge in [-0.3, -0.25) is 14.7 Å². The van der Waals surface area contributed by atoms with E-state index < -0.39 is 0 Å². The van der Waals surface area contributed by atoms with Crippen molar-refractivity contribution < 1.29 is 9.59 Å². The van der Waals surface area contributed by atoms with Gasteiger partial charge < -0.3 is 15.5 Å². The van der Waals surface area contributed by atoms with Gasteiger partial charge in [-0.25, -0.2) is 0 Å². The maximum absolute atomic E-state index is 12.5. The van der Waals surface area contributed by atoms with Crippen LogP contribution in [0.1, 0.15) is 40.2 Å². The minimum absolute atomic E-state index is 0. The van der Waals surface area contributed by atoms with E-state index >= 15 is 0 Å². The number of hydrogen-bond donors (Lipinski definition) is 3. The molecule has 0 spiro atoms. The predicted molar refractivity (Wildman–Crippen MR) is 105 cm³/mol. The van der Waals surface area contributed by atoms with Crippen LogP contribution < -0.4 is 15.5 Å². The number of rotatable bonds is 5. The zero-order valence-corrected chi connectivity index (χ0v) is 15.9. The van der Waals surface area contributed by atoms with Crippen LogP contribution in [0, 0.1) is 0 Å². The first-order valence-corrected chi connectivity index (χ1v) is 9.17. The largest absolute Gasteiger partial charge is 0.351 e. The molecule has 1 aromatic carbocycles. The van der Waals surface area contributed by atoms with Crippen molar-refractivity contribution in [2.75, 3.05) is 24.5 Å². The number of fused-ring (bicyclic) bond motifs is 2. The van der Waals surface area contributed by atoms with Crippen LogP contribution in [-0.4, -0.2) is 41.6 Å². The van der Waals surface area contributed by atoms with Gasteiger partial charge >= 0.3 is 0 Å². The number of H-pyrrole nitrogens is 1. The first kappa shape index (κ1) is 19.4. The zero-order valence-electron chi connectivity index (χ0n) is 15.1. The Balaban J connectivity index is 0.00000210. The molecule has 144 valence electrons. The normalized spacial score (nSPS) is 14.9. The lowest BCUT2D eigenvalue weighted by Gasteiger charge is -2.17. The number of amides is 2. The molecule has 2 aromatic rings. The number of nitrogens with zero attached hydrogens (tertiary/aromatic N) is 2. The maximum atomic E-state index is 12.5. The Kier molecular flexibility index (Phi) is 6.13. The molecule has 8 heteroatoms. The smallest absolute Gasteiger partial charge is 0.272 e. The monoisotopic (exact) mass is 389 g/mol. The number of anilines is 1. The Morgan fingerprint density at radius 3 is 2.96 bits per heavy atom. The highest BCUT2D eigenvalue weighted by Gasteiger charge is 2.24. The number of halogens is 1. The Bertz CT molecular complexity index is 835. The molecule has 0 radical (unpaired) electrons. The average Bonchev–Trinajstić information content (AvgIpc) is 3.29. The fourth-order valence-corrected chi connectivity index (χ4v) is 3.67. The molecular formula is C19H24ClN5O2. The summed E-state index contributed by atoms with van der Waals surface area (Å²) in [5.41, 5.74) is 4.71. The van der Waals surface area contributed by atoms with E-state index in [-0.39, 0.29) is 24.2 Å². The minimum Gasteiger partial charge on any atom is -0.351 e. The third kappa shape index (κ3) is 3.99. The number of para-hydroxylation sites is 1. The molecule has 2 aliphatic heterocycles. The Morgan fingerprint density at radius 1 is 1.22 bits per heavy atom. The molecule has 0 bridgehead atoms. The quantitative estimate of drug-likeness (QED) is 0.677. The van der Waals surface area contributed by atoms with Crippen molar-refractivity contribution in [1.29, 1.82) is 0 Å². The molecule has 0 fully saturated rings. The summed E-state index contributed by atoms with van der Waals surface area (Å²) in [6.07, 6.45) is 2.82. The van der Waals surface area contributed by atoms with Gasteiger partial charge in [0.2, 0.25) is 5.91 Å². The van der Waals surface area contributed by atoms with E-state index in [1.165, 1.54) is 5.56 Å². The summed E-state index contributed by atoms with van der Waals surface area (Å²) in [5, 5.41) is 13.2. The maximum Gasteiger partial charge on any atom is 0.272 e. The molecule has 0 saturated heterocycles. The van der Waals surface area contributed by atoms with E-state index in [9.17, 15) is 9.59 Å². The molecule has 2 amide bonds. The summed E-state index contributed by atoms with van der Waals surface area (Å²) in [5.74, 6) is -0.0595. The number of aromatic amines is 1. The molecule has 0 atom stereocenters. The van der Waals surface area contributed by atoms with Gasteiger partial charge in [-0.2, -0.15) is 5.10 Å². The molecule has 4 rings (SSSR count). The third-order valence-electron chi connectivity index (χ3n) is 5.06. The molecule has 3 heterocycles. The van der Waals surface area contributed by atoms with Crippen LogP contribution in [-0.2, 0) is 24.2 Å². The average molecular weight is 390 g/mol. The van der Waals surface area contributed by atoms with Crippen LogP contribution in [0.15, 0.2) is 24.3 Å². The van der Waals surface area contributed by atoms with Gasteiger partial charge in [0.1, 0.15) is 0 Å². The van der Waals surface area contributed by atoms with Gasteiger partial charge in [-0.15, -0.1) is 12.4 Å². The number of aromatic nitrogens is 2. The van der Waals surface area contributed by atoms with Crippen molar-refractivity contribution in [3.8, 4) is 0 Å². The highest BCUT2D eigenvalue weighted by Crippen LogP contribution is 2.28. The topological polar surface area (TPSA) is 90.1 Å². The van der Waals surface area contributed by atoms with Gasteiger partial charge in [0, 0.05) is 56.0 Å². The van der Waals surface area contributed by atoms with Crippen LogP contribution in [0.25, 0.3) is 0 Å². The standard InChI is InChI=1S/C19H23N5O2.ClH/c25-17(24-11-8-13-4-1-2-5-16(13)24)6-3-9-21-19(26)18-14-12-20-10-7-15(14)22-23-18;/h1-2,4-5,20H,3,6-12H2,(H,21,26)(H,22,23);1H. The first-order chi connectivity index (χ1) is 12.7. The van der Waals surface area contributed by atoms with Crippen molar-refractivity contribution in [2.45, 2.75) is 32.2 Å². The molecule has 3 N–H and O–H groups in total. The lowest BCUT2D eigenvalue weighted by atomic mass is 10.1. The number of nitrogens with one attached hydrogen (secondary N) is 3. The van der Waals surface area contributed by atoms with Crippen LogP contribution in [0.5, 0.6) is 0 Å². The fourth-order valence-electron chi connectivity index (χ4n) is 3.67. The summed E-state index contributed by atoms with van der Waals surface area (Å²) in [7, 11) is 0. The van der Waals surface area contributed by atoms with Gasteiger partial charge in [0.15, 0.2) is 5.69 Å². The van der Waals surface area contributed by atoms with E-state index in [1.54, 1.807) is 0 Å².